The van der Waals surface area contributed by atoms with E-state index in [-0.39, 0.29) is 16.4 Å². The number of hydrogen-bond acceptors (Lipinski definition) is 8. The van der Waals surface area contributed by atoms with Crippen LogP contribution < -0.4 is 9.47 Å². The molecule has 0 aromatic heterocycles. The number of ketones is 1. The van der Waals surface area contributed by atoms with E-state index in [1.807, 2.05) is 0 Å². The zero-order valence-corrected chi connectivity index (χ0v) is 22.6. The zero-order chi connectivity index (χ0) is 29.2. The number of thioether (sulfide) groups is 1. The van der Waals surface area contributed by atoms with Crippen molar-refractivity contribution in [1.82, 2.24) is 4.90 Å². The first-order valence-corrected chi connectivity index (χ1v) is 12.7. The maximum Gasteiger partial charge on any atom is 0.416 e. The molecular formula is C26H16BrF3N2O7S. The third-order valence-corrected chi connectivity index (χ3v) is 6.97. The van der Waals surface area contributed by atoms with Crippen LogP contribution in [0.5, 0.6) is 17.2 Å². The molecule has 4 rings (SSSR count). The van der Waals surface area contributed by atoms with Crippen molar-refractivity contribution in [2.24, 2.45) is 0 Å². The Morgan fingerprint density at radius 3 is 2.35 bits per heavy atom. The summed E-state index contributed by atoms with van der Waals surface area (Å²) in [5.74, 6) is -1.53. The van der Waals surface area contributed by atoms with E-state index >= 15 is 0 Å². The van der Waals surface area contributed by atoms with Gasteiger partial charge in [-0.15, -0.1) is 0 Å². The predicted molar refractivity (Wildman–Crippen MR) is 142 cm³/mol. The highest BCUT2D eigenvalue weighted by Gasteiger charge is 2.37. The molecule has 1 aliphatic rings. The van der Waals surface area contributed by atoms with Crippen LogP contribution in [-0.2, 0) is 11.0 Å². The molecule has 0 saturated carbocycles. The van der Waals surface area contributed by atoms with E-state index in [1.165, 1.54) is 31.4 Å². The van der Waals surface area contributed by atoms with Crippen LogP contribution in [0.25, 0.3) is 6.08 Å². The van der Waals surface area contributed by atoms with Gasteiger partial charge in [0.25, 0.3) is 11.1 Å². The molecule has 0 radical (unpaired) electrons. The quantitative estimate of drug-likeness (QED) is 0.111. The number of Topliss-reactive ketones (excluding diaryl/α,β-unsaturated/α-hetero) is 1. The minimum Gasteiger partial charge on any atom is -0.493 e. The Morgan fingerprint density at radius 2 is 1.73 bits per heavy atom. The molecule has 1 heterocycles. The fourth-order valence-corrected chi connectivity index (χ4v) is 4.66. The lowest BCUT2D eigenvalue weighted by molar-refractivity contribution is -0.385. The number of amides is 2. The lowest BCUT2D eigenvalue weighted by Gasteiger charge is -2.13. The average molecular weight is 637 g/mol. The Hall–Kier alpha value is -4.17. The van der Waals surface area contributed by atoms with E-state index in [1.54, 1.807) is 24.3 Å². The third kappa shape index (κ3) is 6.34. The molecule has 14 heteroatoms. The maximum absolute atomic E-state index is 13.0. The van der Waals surface area contributed by atoms with E-state index in [0.29, 0.717) is 35.0 Å². The monoisotopic (exact) mass is 636 g/mol. The van der Waals surface area contributed by atoms with Gasteiger partial charge in [-0.3, -0.25) is 29.4 Å². The molecule has 0 bridgehead atoms. The van der Waals surface area contributed by atoms with Gasteiger partial charge in [0.2, 0.25) is 5.75 Å². The number of rotatable bonds is 8. The smallest absolute Gasteiger partial charge is 0.416 e. The first kappa shape index (κ1) is 28.8. The van der Waals surface area contributed by atoms with Gasteiger partial charge in [-0.25, -0.2) is 0 Å². The van der Waals surface area contributed by atoms with Crippen LogP contribution in [0.15, 0.2) is 70.0 Å². The Bertz CT molecular complexity index is 1560. The second kappa shape index (κ2) is 11.5. The van der Waals surface area contributed by atoms with Gasteiger partial charge in [-0.1, -0.05) is 34.1 Å². The maximum atomic E-state index is 13.0. The van der Waals surface area contributed by atoms with Crippen LogP contribution in [0.1, 0.15) is 21.5 Å². The molecule has 0 aliphatic carbocycles. The summed E-state index contributed by atoms with van der Waals surface area (Å²) in [6, 6.07) is 12.5. The first-order chi connectivity index (χ1) is 18.9. The van der Waals surface area contributed by atoms with Crippen molar-refractivity contribution in [2.45, 2.75) is 6.18 Å². The fourth-order valence-electron chi connectivity index (χ4n) is 3.56. The molecular weight excluding hydrogens is 621 g/mol. The summed E-state index contributed by atoms with van der Waals surface area (Å²) in [6.45, 7) is -0.439. The van der Waals surface area contributed by atoms with Gasteiger partial charge in [-0.2, -0.15) is 13.2 Å². The Balaban J connectivity index is 1.55. The molecule has 206 valence electrons. The van der Waals surface area contributed by atoms with Crippen molar-refractivity contribution in [2.75, 3.05) is 13.7 Å². The summed E-state index contributed by atoms with van der Waals surface area (Å²) in [6.07, 6.45) is -3.39. The predicted octanol–water partition coefficient (Wildman–Crippen LogP) is 7.10. The summed E-state index contributed by atoms with van der Waals surface area (Å²) in [7, 11) is 1.27. The molecule has 3 aromatic rings. The highest BCUT2D eigenvalue weighted by Crippen LogP contribution is 2.41. The molecule has 40 heavy (non-hydrogen) atoms. The number of ether oxygens (including phenoxy) is 2. The van der Waals surface area contributed by atoms with Crippen molar-refractivity contribution in [1.29, 1.82) is 0 Å². The number of methoxy groups -OCH3 is 1. The van der Waals surface area contributed by atoms with Crippen molar-refractivity contribution >= 4 is 56.4 Å². The molecule has 2 amide bonds. The third-order valence-electron chi connectivity index (χ3n) is 5.53. The summed E-state index contributed by atoms with van der Waals surface area (Å²) in [5, 5.41) is 10.7. The number of alkyl halides is 3. The van der Waals surface area contributed by atoms with Crippen LogP contribution in [0.4, 0.5) is 23.7 Å². The summed E-state index contributed by atoms with van der Waals surface area (Å²) >= 11 is 3.91. The minimum atomic E-state index is -4.78. The van der Waals surface area contributed by atoms with Crippen molar-refractivity contribution in [3.8, 4) is 17.2 Å². The number of benzene rings is 3. The van der Waals surface area contributed by atoms with Crippen LogP contribution >= 0.6 is 27.7 Å². The molecule has 9 nitrogen and oxygen atoms in total. The second-order valence-electron chi connectivity index (χ2n) is 8.15. The number of nitrogens with zero attached hydrogens (tertiary/aromatic N) is 2. The number of nitro groups is 1. The number of halogens is 4. The van der Waals surface area contributed by atoms with Crippen LogP contribution in [-0.4, -0.2) is 40.4 Å². The molecule has 1 aliphatic heterocycles. The molecule has 0 unspecified atom stereocenters. The Kier molecular flexibility index (Phi) is 8.30. The van der Waals surface area contributed by atoms with Crippen LogP contribution in [0.2, 0.25) is 0 Å². The minimum absolute atomic E-state index is 0.0442. The standard InChI is InChI=1S/C26H16BrF3N2O7S/c1-38-22-10-14(2-8-21(22)39-20-9-5-16(26(28,29)30)12-18(20)32(36)37)11-23-24(34)31(25(35)40-23)13-19(33)15-3-6-17(27)7-4-15/h2-12H,13H2,1H3/b23-11+. The van der Waals surface area contributed by atoms with Crippen molar-refractivity contribution in [3.63, 3.8) is 0 Å². The van der Waals surface area contributed by atoms with Gasteiger partial charge in [0.05, 0.1) is 29.0 Å². The van der Waals surface area contributed by atoms with Gasteiger partial charge in [0.15, 0.2) is 17.3 Å². The van der Waals surface area contributed by atoms with E-state index in [0.717, 1.165) is 15.4 Å². The number of carbonyl (C=O) groups is 3. The van der Waals surface area contributed by atoms with Crippen molar-refractivity contribution in [3.05, 3.63) is 96.8 Å². The lowest BCUT2D eigenvalue weighted by atomic mass is 10.1. The number of hydrogen-bond donors (Lipinski definition) is 0. The average Bonchev–Trinajstić information content (AvgIpc) is 3.16. The van der Waals surface area contributed by atoms with Gasteiger partial charge >= 0.3 is 11.9 Å². The molecule has 0 N–H and O–H groups in total. The number of imide groups is 1. The lowest BCUT2D eigenvalue weighted by Crippen LogP contribution is -2.33. The largest absolute Gasteiger partial charge is 0.493 e. The molecule has 3 aromatic carbocycles. The van der Waals surface area contributed by atoms with E-state index in [4.69, 9.17) is 9.47 Å². The first-order valence-electron chi connectivity index (χ1n) is 11.1. The number of carbonyl (C=O) groups excluding carboxylic acids is 3. The van der Waals surface area contributed by atoms with E-state index in [2.05, 4.69) is 15.9 Å². The normalized spacial score (nSPS) is 14.5. The molecule has 1 saturated heterocycles. The summed E-state index contributed by atoms with van der Waals surface area (Å²) in [4.78, 5) is 49.1. The number of nitro benzene ring substituents is 1. The van der Waals surface area contributed by atoms with Gasteiger partial charge in [0, 0.05) is 16.1 Å². The van der Waals surface area contributed by atoms with E-state index in [9.17, 15) is 37.7 Å². The topological polar surface area (TPSA) is 116 Å². The SMILES string of the molecule is COc1cc(/C=C2/SC(=O)N(CC(=O)c3ccc(Br)cc3)C2=O)ccc1Oc1ccc(C(F)(F)F)cc1[N+](=O)[O-]. The van der Waals surface area contributed by atoms with Crippen LogP contribution in [0.3, 0.4) is 0 Å². The van der Waals surface area contributed by atoms with Crippen molar-refractivity contribution < 1.29 is 42.0 Å². The van der Waals surface area contributed by atoms with Crippen LogP contribution in [0, 0.1) is 10.1 Å². The van der Waals surface area contributed by atoms with Gasteiger partial charge < -0.3 is 9.47 Å². The molecule has 1 fully saturated rings. The van der Waals surface area contributed by atoms with E-state index < -0.39 is 51.6 Å². The Labute approximate surface area is 236 Å². The molecule has 0 atom stereocenters. The Morgan fingerprint density at radius 1 is 1.05 bits per heavy atom. The van der Waals surface area contributed by atoms with Gasteiger partial charge in [-0.05, 0) is 59.8 Å². The molecule has 0 spiro atoms. The highest BCUT2D eigenvalue weighted by atomic mass is 79.9. The highest BCUT2D eigenvalue weighted by molar-refractivity contribution is 9.10. The summed E-state index contributed by atoms with van der Waals surface area (Å²) in [5.41, 5.74) is -1.38. The van der Waals surface area contributed by atoms with Gasteiger partial charge in [0.1, 0.15) is 0 Å². The zero-order valence-electron chi connectivity index (χ0n) is 20.2. The second-order valence-corrected chi connectivity index (χ2v) is 10.1. The fraction of sp³-hybridized carbons (Fsp3) is 0.115. The summed E-state index contributed by atoms with van der Waals surface area (Å²) < 4.78 is 50.5.